The molecule has 1 aromatic rings. The van der Waals surface area contributed by atoms with Gasteiger partial charge >= 0.3 is 0 Å². The summed E-state index contributed by atoms with van der Waals surface area (Å²) in [7, 11) is 0. The topological polar surface area (TPSA) is 54.4 Å². The van der Waals surface area contributed by atoms with Gasteiger partial charge in [0.25, 0.3) is 0 Å². The van der Waals surface area contributed by atoms with Crippen molar-refractivity contribution in [3.63, 3.8) is 0 Å². The van der Waals surface area contributed by atoms with Crippen LogP contribution in [0.15, 0.2) is 42.5 Å². The van der Waals surface area contributed by atoms with Crippen molar-refractivity contribution in [1.82, 2.24) is 0 Å². The summed E-state index contributed by atoms with van der Waals surface area (Å²) in [5.41, 5.74) is 2.30. The highest BCUT2D eigenvalue weighted by molar-refractivity contribution is 6.14. The molecule has 0 amide bonds. The molecule has 2 rings (SSSR count). The number of ketones is 2. The number of phenols is 1. The van der Waals surface area contributed by atoms with Crippen molar-refractivity contribution in [1.29, 1.82) is 0 Å². The van der Waals surface area contributed by atoms with Gasteiger partial charge < -0.3 is 5.11 Å². The van der Waals surface area contributed by atoms with Crippen LogP contribution in [0.25, 0.3) is 0 Å². The summed E-state index contributed by atoms with van der Waals surface area (Å²) in [6.07, 6.45) is 8.32. The molecule has 1 aliphatic rings. The molecule has 0 saturated heterocycles. The van der Waals surface area contributed by atoms with Gasteiger partial charge in [-0.3, -0.25) is 9.59 Å². The highest BCUT2D eigenvalue weighted by atomic mass is 16.3. The third kappa shape index (κ3) is 5.65. The Morgan fingerprint density at radius 2 is 1.55 bits per heavy atom. The highest BCUT2D eigenvalue weighted by Crippen LogP contribution is 2.19. The number of rotatable bonds is 3. The largest absolute Gasteiger partial charge is 0.508 e. The number of aryl methyl sites for hydroxylation is 2. The number of carbonyl (C=O) groups is 2. The van der Waals surface area contributed by atoms with Gasteiger partial charge in [-0.15, -0.1) is 0 Å². The minimum absolute atomic E-state index is 0.121. The lowest BCUT2D eigenvalue weighted by Crippen LogP contribution is -1.97. The molecule has 0 aromatic heterocycles. The Morgan fingerprint density at radius 1 is 1.00 bits per heavy atom. The van der Waals surface area contributed by atoms with Gasteiger partial charge in [-0.2, -0.15) is 0 Å². The quantitative estimate of drug-likeness (QED) is 0.859. The van der Waals surface area contributed by atoms with E-state index in [9.17, 15) is 14.7 Å². The SMILES string of the molecule is CCCCc1cc(C)ccc1O.O=C1C=CC(=O)C=C1. The molecule has 1 N–H and O–H groups in total. The molecule has 0 unspecified atom stereocenters. The number of carbonyl (C=O) groups excluding carboxylic acids is 2. The Morgan fingerprint density at radius 3 is 2.05 bits per heavy atom. The molecular weight excluding hydrogens is 252 g/mol. The maximum absolute atomic E-state index is 10.3. The Labute approximate surface area is 119 Å². The smallest absolute Gasteiger partial charge is 0.178 e. The van der Waals surface area contributed by atoms with E-state index in [1.807, 2.05) is 6.07 Å². The molecule has 0 bridgehead atoms. The number of hydrogen-bond donors (Lipinski definition) is 1. The number of aromatic hydroxyl groups is 1. The van der Waals surface area contributed by atoms with Gasteiger partial charge in [-0.1, -0.05) is 31.0 Å². The third-order valence-electron chi connectivity index (χ3n) is 2.86. The fourth-order valence-electron chi connectivity index (χ4n) is 1.72. The molecular formula is C17H20O3. The van der Waals surface area contributed by atoms with Crippen LogP contribution in [0.3, 0.4) is 0 Å². The second-order valence-corrected chi connectivity index (χ2v) is 4.71. The van der Waals surface area contributed by atoms with Gasteiger partial charge in [-0.25, -0.2) is 0 Å². The maximum Gasteiger partial charge on any atom is 0.178 e. The van der Waals surface area contributed by atoms with Crippen molar-refractivity contribution in [3.05, 3.63) is 53.6 Å². The Balaban J connectivity index is 0.000000217. The molecule has 3 nitrogen and oxygen atoms in total. The fourth-order valence-corrected chi connectivity index (χ4v) is 1.72. The lowest BCUT2D eigenvalue weighted by atomic mass is 10.1. The van der Waals surface area contributed by atoms with E-state index in [0.717, 1.165) is 18.4 Å². The number of hydrogen-bond acceptors (Lipinski definition) is 3. The van der Waals surface area contributed by atoms with Crippen LogP contribution in [-0.4, -0.2) is 16.7 Å². The Bertz CT molecular complexity index is 501. The van der Waals surface area contributed by atoms with Crippen molar-refractivity contribution >= 4 is 11.6 Å². The molecule has 20 heavy (non-hydrogen) atoms. The van der Waals surface area contributed by atoms with Crippen LogP contribution in [0.2, 0.25) is 0 Å². The van der Waals surface area contributed by atoms with Crippen LogP contribution >= 0.6 is 0 Å². The zero-order valence-corrected chi connectivity index (χ0v) is 11.9. The maximum atomic E-state index is 10.3. The molecule has 0 heterocycles. The van der Waals surface area contributed by atoms with Crippen molar-refractivity contribution in [2.45, 2.75) is 33.1 Å². The van der Waals surface area contributed by atoms with E-state index < -0.39 is 0 Å². The van der Waals surface area contributed by atoms with Gasteiger partial charge in [0, 0.05) is 0 Å². The number of unbranched alkanes of at least 4 members (excludes halogenated alkanes) is 1. The van der Waals surface area contributed by atoms with Crippen molar-refractivity contribution in [2.24, 2.45) is 0 Å². The fraction of sp³-hybridized carbons (Fsp3) is 0.294. The Kier molecular flexibility index (Phi) is 6.44. The van der Waals surface area contributed by atoms with E-state index in [-0.39, 0.29) is 11.6 Å². The molecule has 0 aliphatic heterocycles. The zero-order chi connectivity index (χ0) is 15.0. The van der Waals surface area contributed by atoms with Crippen LogP contribution in [0.5, 0.6) is 5.75 Å². The summed E-state index contributed by atoms with van der Waals surface area (Å²) in [6.45, 7) is 4.21. The summed E-state index contributed by atoms with van der Waals surface area (Å²) < 4.78 is 0. The average Bonchev–Trinajstić information content (AvgIpc) is 2.44. The summed E-state index contributed by atoms with van der Waals surface area (Å²) in [5.74, 6) is 0.197. The molecule has 0 spiro atoms. The first-order valence-corrected chi connectivity index (χ1v) is 6.75. The van der Waals surface area contributed by atoms with Crippen LogP contribution in [0, 0.1) is 6.92 Å². The summed E-state index contributed by atoms with van der Waals surface area (Å²) >= 11 is 0. The number of benzene rings is 1. The predicted octanol–water partition coefficient (Wildman–Crippen LogP) is 3.29. The number of allylic oxidation sites excluding steroid dienone is 4. The molecule has 3 heteroatoms. The van der Waals surface area contributed by atoms with Gasteiger partial charge in [0.05, 0.1) is 0 Å². The molecule has 1 aliphatic carbocycles. The standard InChI is InChI=1S/C11H16O.C6H4O2/c1-3-4-5-10-8-9(2)6-7-11(10)12;7-5-1-2-6(8)4-3-5/h6-8,12H,3-5H2,1-2H3;1-4H. The molecule has 0 fully saturated rings. The van der Waals surface area contributed by atoms with Crippen LogP contribution in [0.1, 0.15) is 30.9 Å². The zero-order valence-electron chi connectivity index (χ0n) is 11.9. The third-order valence-corrected chi connectivity index (χ3v) is 2.86. The van der Waals surface area contributed by atoms with Crippen LogP contribution in [0.4, 0.5) is 0 Å². The average molecular weight is 272 g/mol. The van der Waals surface area contributed by atoms with Gasteiger partial charge in [0.2, 0.25) is 0 Å². The van der Waals surface area contributed by atoms with E-state index in [1.54, 1.807) is 6.07 Å². The molecule has 1 aromatic carbocycles. The van der Waals surface area contributed by atoms with E-state index >= 15 is 0 Å². The van der Waals surface area contributed by atoms with Crippen molar-refractivity contribution in [3.8, 4) is 5.75 Å². The first kappa shape index (κ1) is 15.9. The van der Waals surface area contributed by atoms with Gasteiger partial charge in [0.1, 0.15) is 5.75 Å². The summed E-state index contributed by atoms with van der Waals surface area (Å²) in [6, 6.07) is 5.77. The molecule has 0 atom stereocenters. The molecule has 106 valence electrons. The van der Waals surface area contributed by atoms with E-state index in [0.29, 0.717) is 5.75 Å². The summed E-state index contributed by atoms with van der Waals surface area (Å²) in [5, 5.41) is 9.46. The van der Waals surface area contributed by atoms with E-state index in [4.69, 9.17) is 0 Å². The highest BCUT2D eigenvalue weighted by Gasteiger charge is 1.99. The molecule has 0 saturated carbocycles. The van der Waals surface area contributed by atoms with Crippen molar-refractivity contribution in [2.75, 3.05) is 0 Å². The number of phenolic OH excluding ortho intramolecular Hbond substituents is 1. The normalized spacial score (nSPS) is 13.1. The van der Waals surface area contributed by atoms with E-state index in [2.05, 4.69) is 19.9 Å². The monoisotopic (exact) mass is 272 g/mol. The first-order chi connectivity index (χ1) is 9.52. The van der Waals surface area contributed by atoms with E-state index in [1.165, 1.54) is 36.3 Å². The second-order valence-electron chi connectivity index (χ2n) is 4.71. The minimum atomic E-state index is -0.121. The second kappa shape index (κ2) is 8.10. The van der Waals surface area contributed by atoms with Crippen LogP contribution in [-0.2, 0) is 16.0 Å². The van der Waals surface area contributed by atoms with Crippen molar-refractivity contribution < 1.29 is 14.7 Å². The Hall–Kier alpha value is -2.16. The van der Waals surface area contributed by atoms with Crippen LogP contribution < -0.4 is 0 Å². The summed E-state index contributed by atoms with van der Waals surface area (Å²) in [4.78, 5) is 20.6. The van der Waals surface area contributed by atoms with Gasteiger partial charge in [-0.05, 0) is 55.7 Å². The predicted molar refractivity (Wildman–Crippen MR) is 79.7 cm³/mol. The first-order valence-electron chi connectivity index (χ1n) is 6.75. The van der Waals surface area contributed by atoms with Gasteiger partial charge in [0.15, 0.2) is 11.6 Å². The lowest BCUT2D eigenvalue weighted by molar-refractivity contribution is -0.113. The molecule has 0 radical (unpaired) electrons. The lowest BCUT2D eigenvalue weighted by Gasteiger charge is -2.04. The minimum Gasteiger partial charge on any atom is -0.508 e.